The first-order valence-corrected chi connectivity index (χ1v) is 9.09. The minimum absolute atomic E-state index is 0.243. The molecule has 0 aromatic rings. The number of nitrogens with zero attached hydrogens (tertiary/aromatic N) is 2. The Morgan fingerprint density at radius 2 is 1.84 bits per heavy atom. The Balaban J connectivity index is 1.75. The lowest BCUT2D eigenvalue weighted by atomic mass is 10.2. The van der Waals surface area contributed by atoms with Crippen molar-refractivity contribution in [2.75, 3.05) is 38.5 Å². The van der Waals surface area contributed by atoms with Crippen LogP contribution in [-0.4, -0.2) is 68.2 Å². The lowest BCUT2D eigenvalue weighted by molar-refractivity contribution is 0.142. The van der Waals surface area contributed by atoms with Gasteiger partial charge in [0, 0.05) is 44.8 Å². The largest absolute Gasteiger partial charge is 0.313 e. The molecule has 0 bridgehead atoms. The van der Waals surface area contributed by atoms with Crippen LogP contribution in [0.2, 0.25) is 0 Å². The highest BCUT2D eigenvalue weighted by Crippen LogP contribution is 2.18. The molecule has 1 saturated carbocycles. The summed E-state index contributed by atoms with van der Waals surface area (Å²) in [7, 11) is -3.06. The predicted octanol–water partition coefficient (Wildman–Crippen LogP) is 0.484. The van der Waals surface area contributed by atoms with E-state index in [2.05, 4.69) is 24.1 Å². The molecule has 2 fully saturated rings. The third-order valence-corrected chi connectivity index (χ3v) is 6.12. The second-order valence-corrected chi connectivity index (χ2v) is 7.83. The molecule has 1 N–H and O–H groups in total. The van der Waals surface area contributed by atoms with E-state index < -0.39 is 10.0 Å². The van der Waals surface area contributed by atoms with Crippen molar-refractivity contribution in [2.45, 2.75) is 45.2 Å². The van der Waals surface area contributed by atoms with Crippen molar-refractivity contribution < 1.29 is 8.42 Å². The normalized spacial score (nSPS) is 24.5. The molecule has 0 aromatic heterocycles. The third-order valence-electron chi connectivity index (χ3n) is 4.25. The average molecular weight is 289 g/mol. The number of hydrogen-bond donors (Lipinski definition) is 1. The molecular weight excluding hydrogens is 262 g/mol. The number of piperazine rings is 1. The lowest BCUT2D eigenvalue weighted by Gasteiger charge is -2.37. The van der Waals surface area contributed by atoms with E-state index in [4.69, 9.17) is 0 Å². The van der Waals surface area contributed by atoms with Crippen LogP contribution >= 0.6 is 0 Å². The fraction of sp³-hybridized carbons (Fsp3) is 1.00. The SMILES string of the molecule is CCC(C)N1CCN(S(=O)(=O)CCNC2CC2)CC1. The van der Waals surface area contributed by atoms with Gasteiger partial charge in [0.1, 0.15) is 0 Å². The van der Waals surface area contributed by atoms with Gasteiger partial charge in [0.2, 0.25) is 10.0 Å². The van der Waals surface area contributed by atoms with E-state index in [1.165, 1.54) is 12.8 Å². The fourth-order valence-corrected chi connectivity index (χ4v) is 3.84. The van der Waals surface area contributed by atoms with E-state index >= 15 is 0 Å². The molecular formula is C13H27N3O2S. The van der Waals surface area contributed by atoms with Crippen LogP contribution in [0, 0.1) is 0 Å². The molecule has 0 spiro atoms. The number of rotatable bonds is 7. The topological polar surface area (TPSA) is 52.7 Å². The zero-order valence-electron chi connectivity index (χ0n) is 12.1. The summed E-state index contributed by atoms with van der Waals surface area (Å²) in [6.45, 7) is 8.01. The summed E-state index contributed by atoms with van der Waals surface area (Å²) < 4.78 is 26.1. The number of nitrogens with one attached hydrogen (secondary N) is 1. The second-order valence-electron chi connectivity index (χ2n) is 5.74. The van der Waals surface area contributed by atoms with Gasteiger partial charge in [0.15, 0.2) is 0 Å². The van der Waals surface area contributed by atoms with Gasteiger partial charge >= 0.3 is 0 Å². The quantitative estimate of drug-likeness (QED) is 0.741. The molecule has 6 heteroatoms. The van der Waals surface area contributed by atoms with Crippen LogP contribution in [0.25, 0.3) is 0 Å². The van der Waals surface area contributed by atoms with Gasteiger partial charge in [0.25, 0.3) is 0 Å². The van der Waals surface area contributed by atoms with Gasteiger partial charge in [-0.15, -0.1) is 0 Å². The van der Waals surface area contributed by atoms with Crippen LogP contribution < -0.4 is 5.32 Å². The molecule has 1 unspecified atom stereocenters. The monoisotopic (exact) mass is 289 g/mol. The minimum atomic E-state index is -3.06. The Labute approximate surface area is 117 Å². The Morgan fingerprint density at radius 1 is 1.21 bits per heavy atom. The molecule has 0 aromatic carbocycles. The van der Waals surface area contributed by atoms with Gasteiger partial charge in [-0.3, -0.25) is 4.90 Å². The van der Waals surface area contributed by atoms with Gasteiger partial charge < -0.3 is 5.32 Å². The highest BCUT2D eigenvalue weighted by Gasteiger charge is 2.28. The highest BCUT2D eigenvalue weighted by molar-refractivity contribution is 7.89. The van der Waals surface area contributed by atoms with E-state index in [9.17, 15) is 8.42 Å². The Kier molecular flexibility index (Phi) is 5.22. The van der Waals surface area contributed by atoms with Crippen molar-refractivity contribution in [3.63, 3.8) is 0 Å². The van der Waals surface area contributed by atoms with Crippen molar-refractivity contribution in [2.24, 2.45) is 0 Å². The molecule has 2 aliphatic rings. The van der Waals surface area contributed by atoms with Crippen molar-refractivity contribution >= 4 is 10.0 Å². The van der Waals surface area contributed by atoms with E-state index in [-0.39, 0.29) is 5.75 Å². The zero-order chi connectivity index (χ0) is 13.9. The molecule has 1 aliphatic heterocycles. The summed E-state index contributed by atoms with van der Waals surface area (Å²) >= 11 is 0. The predicted molar refractivity (Wildman–Crippen MR) is 77.7 cm³/mol. The van der Waals surface area contributed by atoms with Gasteiger partial charge in [0.05, 0.1) is 5.75 Å². The van der Waals surface area contributed by atoms with Crippen LogP contribution in [-0.2, 0) is 10.0 Å². The van der Waals surface area contributed by atoms with Gasteiger partial charge in [-0.05, 0) is 26.2 Å². The van der Waals surface area contributed by atoms with Crippen molar-refractivity contribution in [3.8, 4) is 0 Å². The van der Waals surface area contributed by atoms with Crippen molar-refractivity contribution in [1.29, 1.82) is 0 Å². The molecule has 5 nitrogen and oxygen atoms in total. The molecule has 1 saturated heterocycles. The average Bonchev–Trinajstić information content (AvgIpc) is 3.22. The van der Waals surface area contributed by atoms with Gasteiger partial charge in [-0.2, -0.15) is 4.31 Å². The van der Waals surface area contributed by atoms with Crippen LogP contribution in [0.4, 0.5) is 0 Å². The van der Waals surface area contributed by atoms with Crippen LogP contribution in [0.1, 0.15) is 33.1 Å². The highest BCUT2D eigenvalue weighted by atomic mass is 32.2. The fourth-order valence-electron chi connectivity index (χ4n) is 2.49. The third kappa shape index (κ3) is 4.41. The van der Waals surface area contributed by atoms with Gasteiger partial charge in [-0.25, -0.2) is 8.42 Å². The zero-order valence-corrected chi connectivity index (χ0v) is 13.0. The van der Waals surface area contributed by atoms with E-state index in [1.54, 1.807) is 4.31 Å². The standard InChI is InChI=1S/C13H27N3O2S/c1-3-12(2)15-7-9-16(10-8-15)19(17,18)11-6-14-13-4-5-13/h12-14H,3-11H2,1-2H3. The Hall–Kier alpha value is -0.170. The number of hydrogen-bond acceptors (Lipinski definition) is 4. The summed E-state index contributed by atoms with van der Waals surface area (Å²) in [4.78, 5) is 2.38. The molecule has 19 heavy (non-hydrogen) atoms. The molecule has 112 valence electrons. The van der Waals surface area contributed by atoms with Crippen molar-refractivity contribution in [1.82, 2.24) is 14.5 Å². The Bertz CT molecular complexity index is 373. The number of sulfonamides is 1. The first-order chi connectivity index (χ1) is 9.03. The summed E-state index contributed by atoms with van der Waals surface area (Å²) in [5.41, 5.74) is 0. The summed E-state index contributed by atoms with van der Waals surface area (Å²) in [6.07, 6.45) is 3.53. The van der Waals surface area contributed by atoms with Crippen LogP contribution in [0.5, 0.6) is 0 Å². The van der Waals surface area contributed by atoms with Gasteiger partial charge in [-0.1, -0.05) is 6.92 Å². The first-order valence-electron chi connectivity index (χ1n) is 7.48. The second kappa shape index (κ2) is 6.52. The Morgan fingerprint density at radius 3 is 2.37 bits per heavy atom. The molecule has 1 aliphatic carbocycles. The summed E-state index contributed by atoms with van der Waals surface area (Å²) in [5.74, 6) is 0.243. The van der Waals surface area contributed by atoms with E-state index in [1.807, 2.05) is 0 Å². The maximum Gasteiger partial charge on any atom is 0.215 e. The molecule has 1 atom stereocenters. The van der Waals surface area contributed by atoms with Crippen LogP contribution in [0.15, 0.2) is 0 Å². The molecule has 2 rings (SSSR count). The van der Waals surface area contributed by atoms with E-state index in [0.29, 0.717) is 31.7 Å². The smallest absolute Gasteiger partial charge is 0.215 e. The van der Waals surface area contributed by atoms with E-state index in [0.717, 1.165) is 19.5 Å². The molecule has 1 heterocycles. The molecule has 0 radical (unpaired) electrons. The lowest BCUT2D eigenvalue weighted by Crippen LogP contribution is -2.52. The summed E-state index contributed by atoms with van der Waals surface area (Å²) in [5, 5.41) is 3.27. The maximum absolute atomic E-state index is 12.2. The van der Waals surface area contributed by atoms with Crippen LogP contribution in [0.3, 0.4) is 0 Å². The maximum atomic E-state index is 12.2. The molecule has 0 amide bonds. The summed E-state index contributed by atoms with van der Waals surface area (Å²) in [6, 6.07) is 1.14. The minimum Gasteiger partial charge on any atom is -0.313 e. The first kappa shape index (κ1) is 15.2. The van der Waals surface area contributed by atoms with Crippen molar-refractivity contribution in [3.05, 3.63) is 0 Å².